The first kappa shape index (κ1) is 21.6. The summed E-state index contributed by atoms with van der Waals surface area (Å²) in [6, 6.07) is 4.33. The summed E-state index contributed by atoms with van der Waals surface area (Å²) in [5.74, 6) is -0.168. The van der Waals surface area contributed by atoms with E-state index in [9.17, 15) is 31.2 Å². The number of halogens is 3. The van der Waals surface area contributed by atoms with Crippen molar-refractivity contribution in [1.82, 2.24) is 4.90 Å². The molecular formula is C18H20F3NO6S. The van der Waals surface area contributed by atoms with Gasteiger partial charge in [0.15, 0.2) is 0 Å². The normalized spacial score (nSPS) is 20.4. The van der Waals surface area contributed by atoms with Crippen LogP contribution < -0.4 is 0 Å². The Kier molecular flexibility index (Phi) is 6.18. The molecule has 3 rings (SSSR count). The number of likely N-dealkylation sites (tertiary alicyclic amines) is 1. The summed E-state index contributed by atoms with van der Waals surface area (Å²) in [6.45, 7) is 1.29. The van der Waals surface area contributed by atoms with Crippen molar-refractivity contribution in [1.29, 1.82) is 0 Å². The molecule has 0 radical (unpaired) electrons. The average Bonchev–Trinajstić information content (AvgIpc) is 3.03. The molecule has 0 N–H and O–H groups in total. The summed E-state index contributed by atoms with van der Waals surface area (Å²) in [5, 5.41) is 0. The van der Waals surface area contributed by atoms with Gasteiger partial charge in [-0.2, -0.15) is 13.2 Å². The minimum absolute atomic E-state index is 0.0223. The fourth-order valence-corrected chi connectivity index (χ4v) is 3.86. The van der Waals surface area contributed by atoms with Gasteiger partial charge in [0.1, 0.15) is 0 Å². The standard InChI is InChI=1S/C18H20F3NO6S/c19-18(20,21)29(25,26)15-4-1-12(2-5-15)10-27-14-8-22(9-14)16(23)6-3-13-7-17(24)28-11-13/h1-2,4-5,13-14H,3,6-11H2/t13-/m0/s1. The average molecular weight is 435 g/mol. The van der Waals surface area contributed by atoms with Crippen molar-refractivity contribution in [2.24, 2.45) is 5.92 Å². The highest BCUT2D eigenvalue weighted by Gasteiger charge is 2.46. The number of carbonyl (C=O) groups is 2. The van der Waals surface area contributed by atoms with Gasteiger partial charge in [0.05, 0.1) is 30.6 Å². The van der Waals surface area contributed by atoms with Gasteiger partial charge in [-0.3, -0.25) is 9.59 Å². The van der Waals surface area contributed by atoms with Gasteiger partial charge in [0.2, 0.25) is 5.91 Å². The Morgan fingerprint density at radius 3 is 2.41 bits per heavy atom. The summed E-state index contributed by atoms with van der Waals surface area (Å²) in [6.07, 6.45) is 1.10. The van der Waals surface area contributed by atoms with E-state index in [0.717, 1.165) is 12.1 Å². The first-order valence-corrected chi connectivity index (χ1v) is 10.5. The number of carbonyl (C=O) groups excluding carboxylic acids is 2. The molecular weight excluding hydrogens is 415 g/mol. The van der Waals surface area contributed by atoms with E-state index in [-0.39, 0.29) is 30.5 Å². The van der Waals surface area contributed by atoms with Gasteiger partial charge in [0, 0.05) is 25.4 Å². The molecule has 1 aromatic carbocycles. The number of rotatable bonds is 7. The number of amides is 1. The molecule has 29 heavy (non-hydrogen) atoms. The fraction of sp³-hybridized carbons (Fsp3) is 0.556. The third-order valence-corrected chi connectivity index (χ3v) is 6.43. The van der Waals surface area contributed by atoms with Crippen LogP contribution in [0.15, 0.2) is 29.2 Å². The molecule has 0 saturated carbocycles. The highest BCUT2D eigenvalue weighted by molar-refractivity contribution is 7.92. The van der Waals surface area contributed by atoms with Gasteiger partial charge in [-0.15, -0.1) is 0 Å². The number of esters is 1. The Labute approximate surface area is 165 Å². The first-order valence-electron chi connectivity index (χ1n) is 9.01. The van der Waals surface area contributed by atoms with E-state index in [1.165, 1.54) is 12.1 Å². The molecule has 2 saturated heterocycles. The molecule has 0 bridgehead atoms. The lowest BCUT2D eigenvalue weighted by Gasteiger charge is -2.39. The molecule has 0 aromatic heterocycles. The van der Waals surface area contributed by atoms with Crippen molar-refractivity contribution in [3.05, 3.63) is 29.8 Å². The lowest BCUT2D eigenvalue weighted by atomic mass is 10.0. The van der Waals surface area contributed by atoms with E-state index in [0.29, 0.717) is 44.5 Å². The monoisotopic (exact) mass is 435 g/mol. The van der Waals surface area contributed by atoms with Crippen molar-refractivity contribution < 1.29 is 40.7 Å². The van der Waals surface area contributed by atoms with Crippen LogP contribution >= 0.6 is 0 Å². The number of ether oxygens (including phenoxy) is 2. The van der Waals surface area contributed by atoms with Crippen molar-refractivity contribution in [2.45, 2.75) is 42.4 Å². The maximum Gasteiger partial charge on any atom is 0.501 e. The van der Waals surface area contributed by atoms with Crippen LogP contribution in [0.5, 0.6) is 0 Å². The zero-order chi connectivity index (χ0) is 21.2. The number of cyclic esters (lactones) is 1. The third-order valence-electron chi connectivity index (χ3n) is 4.93. The van der Waals surface area contributed by atoms with Gasteiger partial charge in [-0.25, -0.2) is 8.42 Å². The van der Waals surface area contributed by atoms with E-state index in [1.807, 2.05) is 0 Å². The minimum Gasteiger partial charge on any atom is -0.465 e. The maximum atomic E-state index is 12.5. The third kappa shape index (κ3) is 5.08. The molecule has 2 fully saturated rings. The molecule has 1 atom stereocenters. The molecule has 160 valence electrons. The Morgan fingerprint density at radius 1 is 1.21 bits per heavy atom. The second kappa shape index (κ2) is 8.31. The molecule has 0 spiro atoms. The Hall–Kier alpha value is -2.14. The molecule has 0 aliphatic carbocycles. The van der Waals surface area contributed by atoms with Gasteiger partial charge in [-0.1, -0.05) is 12.1 Å². The molecule has 2 aliphatic rings. The Bertz CT molecular complexity index is 863. The van der Waals surface area contributed by atoms with Crippen molar-refractivity contribution in [2.75, 3.05) is 19.7 Å². The van der Waals surface area contributed by atoms with Gasteiger partial charge in [-0.05, 0) is 24.1 Å². The summed E-state index contributed by atoms with van der Waals surface area (Å²) in [5.41, 5.74) is -4.81. The lowest BCUT2D eigenvalue weighted by Crippen LogP contribution is -2.54. The predicted molar refractivity (Wildman–Crippen MR) is 93.1 cm³/mol. The zero-order valence-corrected chi connectivity index (χ0v) is 16.2. The van der Waals surface area contributed by atoms with E-state index in [4.69, 9.17) is 9.47 Å². The molecule has 2 aliphatic heterocycles. The molecule has 7 nitrogen and oxygen atoms in total. The summed E-state index contributed by atoms with van der Waals surface area (Å²) in [7, 11) is -5.36. The SMILES string of the molecule is O=C1C[C@H](CCC(=O)N2CC(OCc3ccc(S(=O)(=O)C(F)(F)F)cc3)C2)CO1. The summed E-state index contributed by atoms with van der Waals surface area (Å²) in [4.78, 5) is 23.9. The highest BCUT2D eigenvalue weighted by Crippen LogP contribution is 2.30. The van der Waals surface area contributed by atoms with Crippen molar-refractivity contribution in [3.8, 4) is 0 Å². The summed E-state index contributed by atoms with van der Waals surface area (Å²) < 4.78 is 70.7. The number of benzene rings is 1. The van der Waals surface area contributed by atoms with E-state index < -0.39 is 20.2 Å². The number of hydrogen-bond donors (Lipinski definition) is 0. The smallest absolute Gasteiger partial charge is 0.465 e. The fourth-order valence-electron chi connectivity index (χ4n) is 3.10. The number of hydrogen-bond acceptors (Lipinski definition) is 6. The second-order valence-electron chi connectivity index (χ2n) is 7.12. The highest BCUT2D eigenvalue weighted by atomic mass is 32.2. The molecule has 1 aromatic rings. The van der Waals surface area contributed by atoms with Gasteiger partial charge in [0.25, 0.3) is 9.84 Å². The lowest BCUT2D eigenvalue weighted by molar-refractivity contribution is -0.146. The maximum absolute atomic E-state index is 12.5. The molecule has 0 unspecified atom stereocenters. The second-order valence-corrected chi connectivity index (χ2v) is 9.06. The van der Waals surface area contributed by atoms with E-state index >= 15 is 0 Å². The number of sulfone groups is 1. The van der Waals surface area contributed by atoms with Crippen LogP contribution in [-0.2, 0) is 35.5 Å². The van der Waals surface area contributed by atoms with E-state index in [2.05, 4.69) is 0 Å². The van der Waals surface area contributed by atoms with Crippen molar-refractivity contribution >= 4 is 21.7 Å². The molecule has 2 heterocycles. The largest absolute Gasteiger partial charge is 0.501 e. The quantitative estimate of drug-likeness (QED) is 0.609. The topological polar surface area (TPSA) is 90.0 Å². The van der Waals surface area contributed by atoms with Crippen LogP contribution in [0.2, 0.25) is 0 Å². The van der Waals surface area contributed by atoms with Crippen LogP contribution in [0.25, 0.3) is 0 Å². The van der Waals surface area contributed by atoms with Crippen LogP contribution in [0.4, 0.5) is 13.2 Å². The van der Waals surface area contributed by atoms with Crippen LogP contribution in [0.1, 0.15) is 24.8 Å². The van der Waals surface area contributed by atoms with Crippen molar-refractivity contribution in [3.63, 3.8) is 0 Å². The Morgan fingerprint density at radius 2 is 1.86 bits per heavy atom. The zero-order valence-electron chi connectivity index (χ0n) is 15.4. The molecule has 11 heteroatoms. The molecule has 1 amide bonds. The Balaban J connectivity index is 1.39. The first-order chi connectivity index (χ1) is 13.6. The van der Waals surface area contributed by atoms with Gasteiger partial charge >= 0.3 is 11.5 Å². The van der Waals surface area contributed by atoms with Gasteiger partial charge < -0.3 is 14.4 Å². The van der Waals surface area contributed by atoms with Crippen LogP contribution in [0, 0.1) is 5.92 Å². The number of nitrogens with zero attached hydrogens (tertiary/aromatic N) is 1. The summed E-state index contributed by atoms with van der Waals surface area (Å²) >= 11 is 0. The number of alkyl halides is 3. The predicted octanol–water partition coefficient (Wildman–Crippen LogP) is 2.05. The minimum atomic E-state index is -5.36. The van der Waals surface area contributed by atoms with Crippen LogP contribution in [-0.4, -0.2) is 56.5 Å². The van der Waals surface area contributed by atoms with E-state index in [1.54, 1.807) is 4.90 Å². The van der Waals surface area contributed by atoms with Crippen LogP contribution in [0.3, 0.4) is 0 Å².